The molecule has 1 aromatic heterocycles. The van der Waals surface area contributed by atoms with Crippen molar-refractivity contribution in [3.05, 3.63) is 57.7 Å². The van der Waals surface area contributed by atoms with E-state index in [0.717, 1.165) is 24.0 Å². The minimum atomic E-state index is 0.535. The van der Waals surface area contributed by atoms with E-state index in [-0.39, 0.29) is 0 Å². The molecule has 0 amide bonds. The Kier molecular flexibility index (Phi) is 3.87. The lowest BCUT2D eigenvalue weighted by atomic mass is 10.1. The highest BCUT2D eigenvalue weighted by molar-refractivity contribution is 6.35. The van der Waals surface area contributed by atoms with Crippen LogP contribution in [0.25, 0.3) is 0 Å². The van der Waals surface area contributed by atoms with Crippen LogP contribution in [0.2, 0.25) is 10.0 Å². The number of anilines is 1. The summed E-state index contributed by atoms with van der Waals surface area (Å²) in [6, 6.07) is 9.36. The molecular formula is C13H12Cl2N2. The minimum absolute atomic E-state index is 0.535. The molecule has 0 radical (unpaired) electrons. The lowest BCUT2D eigenvalue weighted by Gasteiger charge is -2.07. The van der Waals surface area contributed by atoms with Crippen LogP contribution in [0.3, 0.4) is 0 Å². The molecule has 1 heterocycles. The topological polar surface area (TPSA) is 38.9 Å². The highest BCUT2D eigenvalue weighted by Gasteiger charge is 2.05. The molecule has 0 aliphatic carbocycles. The van der Waals surface area contributed by atoms with Gasteiger partial charge in [-0.1, -0.05) is 29.3 Å². The average molecular weight is 267 g/mol. The van der Waals surface area contributed by atoms with Gasteiger partial charge in [-0.25, -0.2) is 4.98 Å². The first-order valence-corrected chi connectivity index (χ1v) is 6.05. The quantitative estimate of drug-likeness (QED) is 0.919. The van der Waals surface area contributed by atoms with Crippen molar-refractivity contribution in [1.82, 2.24) is 4.98 Å². The fourth-order valence-electron chi connectivity index (χ4n) is 1.69. The van der Waals surface area contributed by atoms with Gasteiger partial charge in [-0.3, -0.25) is 0 Å². The Hall–Kier alpha value is -1.25. The van der Waals surface area contributed by atoms with Gasteiger partial charge in [0.05, 0.1) is 0 Å². The third kappa shape index (κ3) is 3.11. The zero-order chi connectivity index (χ0) is 12.3. The molecule has 17 heavy (non-hydrogen) atoms. The van der Waals surface area contributed by atoms with E-state index in [4.69, 9.17) is 28.9 Å². The number of halogens is 2. The predicted octanol–water partition coefficient (Wildman–Crippen LogP) is 3.76. The van der Waals surface area contributed by atoms with Gasteiger partial charge < -0.3 is 5.73 Å². The van der Waals surface area contributed by atoms with Crippen LogP contribution in [0.5, 0.6) is 0 Å². The first-order chi connectivity index (χ1) is 8.16. The fourth-order valence-corrected chi connectivity index (χ4v) is 2.28. The number of aromatic nitrogens is 1. The SMILES string of the molecule is Nc1cc(CCc2c(Cl)cccc2Cl)ccn1. The molecule has 0 aliphatic rings. The average Bonchev–Trinajstić information content (AvgIpc) is 2.28. The third-order valence-electron chi connectivity index (χ3n) is 2.57. The number of aryl methyl sites for hydroxylation is 1. The van der Waals surface area contributed by atoms with E-state index >= 15 is 0 Å². The molecule has 0 bridgehead atoms. The van der Waals surface area contributed by atoms with Crippen molar-refractivity contribution in [3.63, 3.8) is 0 Å². The van der Waals surface area contributed by atoms with Gasteiger partial charge >= 0.3 is 0 Å². The Morgan fingerprint density at radius 2 is 1.76 bits per heavy atom. The van der Waals surface area contributed by atoms with E-state index in [1.54, 1.807) is 6.20 Å². The van der Waals surface area contributed by atoms with E-state index < -0.39 is 0 Å². The fraction of sp³-hybridized carbons (Fsp3) is 0.154. The maximum Gasteiger partial charge on any atom is 0.123 e. The van der Waals surface area contributed by atoms with Crippen molar-refractivity contribution >= 4 is 29.0 Å². The van der Waals surface area contributed by atoms with E-state index in [9.17, 15) is 0 Å². The number of pyridine rings is 1. The highest BCUT2D eigenvalue weighted by atomic mass is 35.5. The smallest absolute Gasteiger partial charge is 0.123 e. The zero-order valence-corrected chi connectivity index (χ0v) is 10.7. The number of nitrogens with two attached hydrogens (primary N) is 1. The Balaban J connectivity index is 2.13. The minimum Gasteiger partial charge on any atom is -0.384 e. The number of benzene rings is 1. The molecule has 1 aromatic carbocycles. The molecule has 2 nitrogen and oxygen atoms in total. The lowest BCUT2D eigenvalue weighted by molar-refractivity contribution is 0.957. The van der Waals surface area contributed by atoms with Crippen LogP contribution in [-0.4, -0.2) is 4.98 Å². The van der Waals surface area contributed by atoms with E-state index in [1.807, 2.05) is 30.3 Å². The van der Waals surface area contributed by atoms with Crippen LogP contribution >= 0.6 is 23.2 Å². The Morgan fingerprint density at radius 1 is 1.06 bits per heavy atom. The molecule has 0 saturated carbocycles. The first-order valence-electron chi connectivity index (χ1n) is 5.30. The van der Waals surface area contributed by atoms with Crippen LogP contribution in [0.15, 0.2) is 36.5 Å². The zero-order valence-electron chi connectivity index (χ0n) is 9.16. The molecule has 0 aliphatic heterocycles. The van der Waals surface area contributed by atoms with Crippen LogP contribution in [0, 0.1) is 0 Å². The molecule has 2 N–H and O–H groups in total. The van der Waals surface area contributed by atoms with E-state index in [1.165, 1.54) is 0 Å². The van der Waals surface area contributed by atoms with Crippen molar-refractivity contribution in [3.8, 4) is 0 Å². The summed E-state index contributed by atoms with van der Waals surface area (Å²) in [7, 11) is 0. The molecule has 0 spiro atoms. The molecule has 2 aromatic rings. The molecule has 0 atom stereocenters. The molecule has 0 unspecified atom stereocenters. The van der Waals surface area contributed by atoms with Gasteiger partial charge in [-0.15, -0.1) is 0 Å². The number of hydrogen-bond donors (Lipinski definition) is 1. The monoisotopic (exact) mass is 266 g/mol. The second-order valence-electron chi connectivity index (χ2n) is 3.79. The summed E-state index contributed by atoms with van der Waals surface area (Å²) in [5.41, 5.74) is 7.73. The lowest BCUT2D eigenvalue weighted by Crippen LogP contribution is -1.96. The van der Waals surface area contributed by atoms with Crippen molar-refractivity contribution in [1.29, 1.82) is 0 Å². The van der Waals surface area contributed by atoms with Gasteiger partial charge in [0.2, 0.25) is 0 Å². The standard InChI is InChI=1S/C13H12Cl2N2/c14-11-2-1-3-12(15)10(11)5-4-9-6-7-17-13(16)8-9/h1-3,6-8H,4-5H2,(H2,16,17). The molecular weight excluding hydrogens is 255 g/mol. The number of nitrogen functional groups attached to an aromatic ring is 1. The van der Waals surface area contributed by atoms with Crippen molar-refractivity contribution in [2.24, 2.45) is 0 Å². The summed E-state index contributed by atoms with van der Waals surface area (Å²) < 4.78 is 0. The largest absolute Gasteiger partial charge is 0.384 e. The van der Waals surface area contributed by atoms with Gasteiger partial charge in [0.25, 0.3) is 0 Å². The molecule has 4 heteroatoms. The van der Waals surface area contributed by atoms with Gasteiger partial charge in [0.15, 0.2) is 0 Å². The predicted molar refractivity (Wildman–Crippen MR) is 72.5 cm³/mol. The number of nitrogens with zero attached hydrogens (tertiary/aromatic N) is 1. The molecule has 0 fully saturated rings. The van der Waals surface area contributed by atoms with Gasteiger partial charge in [0.1, 0.15) is 5.82 Å². The van der Waals surface area contributed by atoms with Crippen LogP contribution in [-0.2, 0) is 12.8 Å². The Labute approximate surface area is 110 Å². The first kappa shape index (κ1) is 12.2. The van der Waals surface area contributed by atoms with Crippen LogP contribution in [0.4, 0.5) is 5.82 Å². The normalized spacial score (nSPS) is 10.5. The van der Waals surface area contributed by atoms with Gasteiger partial charge in [0, 0.05) is 16.2 Å². The summed E-state index contributed by atoms with van der Waals surface area (Å²) in [5, 5.41) is 1.42. The van der Waals surface area contributed by atoms with Crippen LogP contribution in [0.1, 0.15) is 11.1 Å². The summed E-state index contributed by atoms with van der Waals surface area (Å²) >= 11 is 12.2. The van der Waals surface area contributed by atoms with Gasteiger partial charge in [-0.2, -0.15) is 0 Å². The molecule has 0 saturated heterocycles. The molecule has 2 rings (SSSR count). The van der Waals surface area contributed by atoms with Crippen molar-refractivity contribution in [2.75, 3.05) is 5.73 Å². The van der Waals surface area contributed by atoms with Crippen molar-refractivity contribution < 1.29 is 0 Å². The number of hydrogen-bond acceptors (Lipinski definition) is 2. The Morgan fingerprint density at radius 3 is 2.41 bits per heavy atom. The van der Waals surface area contributed by atoms with E-state index in [0.29, 0.717) is 15.9 Å². The van der Waals surface area contributed by atoms with Gasteiger partial charge in [-0.05, 0) is 48.2 Å². The summed E-state index contributed by atoms with van der Waals surface area (Å²) in [6.07, 6.45) is 3.34. The maximum atomic E-state index is 6.11. The third-order valence-corrected chi connectivity index (χ3v) is 3.28. The number of rotatable bonds is 3. The summed E-state index contributed by atoms with van der Waals surface area (Å²) in [5.74, 6) is 0.535. The summed E-state index contributed by atoms with van der Waals surface area (Å²) in [4.78, 5) is 3.96. The van der Waals surface area contributed by atoms with Crippen molar-refractivity contribution in [2.45, 2.75) is 12.8 Å². The second kappa shape index (κ2) is 5.39. The molecule has 88 valence electrons. The summed E-state index contributed by atoms with van der Waals surface area (Å²) in [6.45, 7) is 0. The maximum absolute atomic E-state index is 6.11. The van der Waals surface area contributed by atoms with Crippen LogP contribution < -0.4 is 5.73 Å². The van der Waals surface area contributed by atoms with E-state index in [2.05, 4.69) is 4.98 Å². The Bertz CT molecular complexity index is 506. The highest BCUT2D eigenvalue weighted by Crippen LogP contribution is 2.25. The second-order valence-corrected chi connectivity index (χ2v) is 4.60.